The molecule has 1 aliphatic rings. The number of ether oxygens (including phenoxy) is 1. The molecule has 1 saturated heterocycles. The molecule has 0 aliphatic carbocycles. The number of rotatable bonds is 59. The van der Waals surface area contributed by atoms with Crippen molar-refractivity contribution in [2.75, 3.05) is 237 Å². The Morgan fingerprint density at radius 2 is 0.706 bits per heavy atom. The van der Waals surface area contributed by atoms with Gasteiger partial charge in [-0.1, -0.05) is 40.4 Å². The zero-order valence-corrected chi connectivity index (χ0v) is 68.0. The van der Waals surface area contributed by atoms with E-state index in [-0.39, 0.29) is 267 Å². The molecule has 0 atom stereocenters. The fraction of sp³-hybridized carbons (Fsp3) is 0.649. The maximum absolute atomic E-state index is 12.0. The number of carboxylic acids is 3. The molecule has 6 amide bonds. The van der Waals surface area contributed by atoms with Gasteiger partial charge in [0.2, 0.25) is 40.7 Å². The van der Waals surface area contributed by atoms with Gasteiger partial charge in [0.1, 0.15) is 6.73 Å². The average molecular weight is 1860 g/mol. The first-order valence-corrected chi connectivity index (χ1v) is 31.7. The van der Waals surface area contributed by atoms with E-state index in [0.717, 1.165) is 24.3 Å². The SMILES string of the molecule is C.C=CC(=O)Cl.C=CC(=O)NCNC(=O)CN(CCN(CCOO)CCOO)CC(=O)O.C=CC(=O)NCNOCN(CCOO)CCN(CC(=O)O)CC(=O)NCNC(=O)C=C.O=C1CN(CCN(CCOO)CCOO)CC(=O)O1.[NH-]CN.[NH-]CNC(=O)CN(CCN(CCOO)CCOO)CC(=O)O.[Pr].[Pr]. The minimum Gasteiger partial charge on any atom is -0.665 e. The van der Waals surface area contributed by atoms with Crippen molar-refractivity contribution in [2.24, 2.45) is 5.73 Å². The first-order valence-electron chi connectivity index (χ1n) is 31.3. The quantitative estimate of drug-likeness (QED) is 0.00394. The van der Waals surface area contributed by atoms with E-state index in [1.165, 1.54) is 14.7 Å². The molecule has 0 aromatic carbocycles. The Balaban J connectivity index is -0.000000201. The standard InChI is InChI=1S/C17H30N6O8.C14H26N4O8.C11H23N4O7.C10H18N2O7.C3H3ClO.CH5N2.CH4.2Pr/c1-3-14(24)18-11-19-16(26)9-23(10-17(27)28)6-5-22(7-8-31-29)13-30-21-12-20-15(25)4-2;1-2-12(19)15-11-16-13(20)9-18(10-14(21)22)4-3-17(5-7-25-23)6-8-26-24;12-9-13-10(16)7-15(8-11(17)18)2-1-14(3-5-21-19)4-6-22-20;13-9-7-12(8-10(14)19-9)2-1-11(3-5-17-15)4-6-18-16;1-2-3(4)5;2-1-3;;;/h3-4,21,29H,1-2,5-13H2,(H,18,24)(H,19,26)(H,20,25)(H,27,28);2,23-24H,1,3-11H2,(H,15,19)(H,16,20)(H,21,22);12,19-20H,1-9H2,(H,13,16)(H,17,18);15-16H,1-8H2;2H,1H2;2H,1,3H2;1H4;;/q;;-1;;;-1;;;. The molecular weight excluding hydrogens is 1750 g/mol. The van der Waals surface area contributed by atoms with Crippen LogP contribution >= 0.6 is 11.6 Å². The summed E-state index contributed by atoms with van der Waals surface area (Å²) >= 11 is 4.71. The second-order valence-corrected chi connectivity index (χ2v) is 20.6. The molecular formula is C57H109ClN18O31Pr2-2. The molecule has 0 spiro atoms. The van der Waals surface area contributed by atoms with Gasteiger partial charge < -0.3 is 69.2 Å². The Hall–Kier alpha value is -5.06. The summed E-state index contributed by atoms with van der Waals surface area (Å²) in [7, 11) is 0. The Kier molecular flexibility index (Phi) is 95.4. The van der Waals surface area contributed by atoms with Crippen LogP contribution in [0.25, 0.3) is 11.5 Å². The number of nitrogens with zero attached hydrogens (tertiary/aromatic N) is 8. The summed E-state index contributed by atoms with van der Waals surface area (Å²) in [5.41, 5.74) is 19.9. The van der Waals surface area contributed by atoms with E-state index < -0.39 is 64.6 Å². The van der Waals surface area contributed by atoms with Gasteiger partial charge in [0.05, 0.1) is 119 Å². The minimum atomic E-state index is -1.12. The fourth-order valence-corrected chi connectivity index (χ4v) is 7.42. The largest absolute Gasteiger partial charge is 0.665 e. The molecule has 0 unspecified atom stereocenters. The van der Waals surface area contributed by atoms with Gasteiger partial charge in [-0.3, -0.25) is 138 Å². The molecule has 21 N–H and O–H groups in total. The van der Waals surface area contributed by atoms with Gasteiger partial charge in [0.25, 0.3) is 0 Å². The van der Waals surface area contributed by atoms with Crippen LogP contribution < -0.4 is 43.1 Å². The topological polar surface area (TPSA) is 674 Å². The molecule has 0 aromatic rings. The summed E-state index contributed by atoms with van der Waals surface area (Å²) in [4.78, 5) is 179. The van der Waals surface area contributed by atoms with Crippen molar-refractivity contribution in [1.29, 1.82) is 0 Å². The Labute approximate surface area is 701 Å². The summed E-state index contributed by atoms with van der Waals surface area (Å²) in [5.74, 6) is -7.04. The van der Waals surface area contributed by atoms with Gasteiger partial charge in [-0.2, -0.15) is 5.48 Å². The van der Waals surface area contributed by atoms with Gasteiger partial charge in [-0.05, 0) is 35.9 Å². The van der Waals surface area contributed by atoms with E-state index in [1.807, 2.05) is 4.90 Å². The molecule has 0 aromatic heterocycles. The number of esters is 2. The van der Waals surface area contributed by atoms with Gasteiger partial charge in [-0.15, -0.1) is 6.67 Å². The molecule has 49 nitrogen and oxygen atoms in total. The number of hydrogen-bond donors (Lipinski definition) is 18. The van der Waals surface area contributed by atoms with E-state index in [0.29, 0.717) is 65.4 Å². The second kappa shape index (κ2) is 86.9. The van der Waals surface area contributed by atoms with Crippen LogP contribution in [-0.4, -0.2) is 399 Å². The molecule has 52 heteroatoms. The number of carboxylic acid groups (broad SMARTS) is 3. The van der Waals surface area contributed by atoms with Crippen molar-refractivity contribution in [2.45, 2.75) is 7.43 Å². The van der Waals surface area contributed by atoms with Crippen LogP contribution in [0.15, 0.2) is 50.6 Å². The number of nitrogens with one attached hydrogen (secondary N) is 9. The fourth-order valence-electron chi connectivity index (χ4n) is 7.42. The number of amides is 6. The Morgan fingerprint density at radius 1 is 0.440 bits per heavy atom. The van der Waals surface area contributed by atoms with Crippen molar-refractivity contribution in [3.05, 3.63) is 62.1 Å². The molecule has 109 heavy (non-hydrogen) atoms. The van der Waals surface area contributed by atoms with E-state index in [4.69, 9.17) is 80.0 Å². The normalized spacial score (nSPS) is 11.2. The number of allylic oxidation sites excluding steroid dienone is 1. The zero-order chi connectivity index (χ0) is 81.1. The number of nitrogens with two attached hydrogens (primary N) is 1. The molecule has 0 saturated carbocycles. The van der Waals surface area contributed by atoms with Crippen LogP contribution in [0.2, 0.25) is 0 Å². The van der Waals surface area contributed by atoms with Crippen molar-refractivity contribution < 1.29 is 236 Å². The summed E-state index contributed by atoms with van der Waals surface area (Å²) in [6.07, 6.45) is 4.26. The first kappa shape index (κ1) is 120. The van der Waals surface area contributed by atoms with Crippen molar-refractivity contribution in [3.63, 3.8) is 0 Å². The maximum Gasteiger partial charge on any atom is 0.327 e. The molecule has 0 bridgehead atoms. The zero-order valence-electron chi connectivity index (χ0n) is 59.8. The summed E-state index contributed by atoms with van der Waals surface area (Å²) in [5, 5.41) is 99.4. The molecule has 1 aliphatic heterocycles. The summed E-state index contributed by atoms with van der Waals surface area (Å²) < 4.78 is 4.41. The third-order valence-electron chi connectivity index (χ3n) is 12.3. The number of halogens is 1. The van der Waals surface area contributed by atoms with Gasteiger partial charge in [0, 0.05) is 181 Å². The van der Waals surface area contributed by atoms with Crippen LogP contribution in [0, 0.1) is 82.6 Å². The molecule has 2 radical (unpaired) electrons. The average Bonchev–Trinajstić information content (AvgIpc) is 0.890. The molecule has 1 fully saturated rings. The van der Waals surface area contributed by atoms with Gasteiger partial charge in [-0.25, -0.2) is 34.2 Å². The molecule has 1 rings (SSSR count). The van der Waals surface area contributed by atoms with Crippen LogP contribution in [0.1, 0.15) is 7.43 Å². The Morgan fingerprint density at radius 3 is 0.982 bits per heavy atom. The maximum atomic E-state index is 12.0. The van der Waals surface area contributed by atoms with E-state index in [2.05, 4.69) is 108 Å². The number of cyclic esters (lactones) is 2. The third kappa shape index (κ3) is 86.8. The molecule has 628 valence electrons. The number of aliphatic carboxylic acids is 3. The number of carbonyl (C=O) groups excluding carboxylic acids is 9. The van der Waals surface area contributed by atoms with Crippen LogP contribution in [-0.2, 0) is 101 Å². The monoisotopic (exact) mass is 1860 g/mol. The van der Waals surface area contributed by atoms with Gasteiger partial charge in [0.15, 0.2) is 0 Å². The second-order valence-electron chi connectivity index (χ2n) is 20.2. The third-order valence-corrected chi connectivity index (χ3v) is 12.5. The number of morpholine rings is 1. The number of hydroxylamine groups is 1. The number of hydrogen-bond acceptors (Lipinski definition) is 38. The summed E-state index contributed by atoms with van der Waals surface area (Å²) in [6, 6.07) is 0. The predicted octanol–water partition coefficient (Wildman–Crippen LogP) is -5.73. The summed E-state index contributed by atoms with van der Waals surface area (Å²) in [6.45, 7) is 16.6. The van der Waals surface area contributed by atoms with Crippen molar-refractivity contribution in [3.8, 4) is 0 Å². The van der Waals surface area contributed by atoms with E-state index >= 15 is 0 Å². The van der Waals surface area contributed by atoms with Gasteiger partial charge >= 0.3 is 29.8 Å². The van der Waals surface area contributed by atoms with Crippen molar-refractivity contribution in [1.82, 2.24) is 76.6 Å². The smallest absolute Gasteiger partial charge is 0.327 e. The predicted molar refractivity (Wildman–Crippen MR) is 374 cm³/mol. The molecule has 1 heterocycles. The van der Waals surface area contributed by atoms with E-state index in [9.17, 15) is 57.5 Å². The van der Waals surface area contributed by atoms with E-state index in [1.54, 1.807) is 19.6 Å². The van der Waals surface area contributed by atoms with Crippen LogP contribution in [0.4, 0.5) is 0 Å². The number of carbonyl (C=O) groups is 12. The van der Waals surface area contributed by atoms with Crippen LogP contribution in [0.3, 0.4) is 0 Å². The van der Waals surface area contributed by atoms with Crippen LogP contribution in [0.5, 0.6) is 0 Å². The Bertz CT molecular complexity index is 2420. The minimum absolute atomic E-state index is 0. The first-order chi connectivity index (χ1) is 50.6. The van der Waals surface area contributed by atoms with Crippen molar-refractivity contribution >= 4 is 82.1 Å².